The zero-order valence-corrected chi connectivity index (χ0v) is 20.9. The van der Waals surface area contributed by atoms with Crippen molar-refractivity contribution in [3.63, 3.8) is 0 Å². The van der Waals surface area contributed by atoms with Gasteiger partial charge in [-0.3, -0.25) is 4.90 Å². The van der Waals surface area contributed by atoms with Gasteiger partial charge in [0.05, 0.1) is 28.6 Å². The second-order valence-corrected chi connectivity index (χ2v) is 10.3. The average Bonchev–Trinajstić information content (AvgIpc) is 3.17. The van der Waals surface area contributed by atoms with E-state index in [1.807, 2.05) is 53.2 Å². The van der Waals surface area contributed by atoms with Crippen LogP contribution >= 0.6 is 23.2 Å². The maximum Gasteiger partial charge on any atom is 0.200 e. The largest absolute Gasteiger partial charge is 0.494 e. The highest BCUT2D eigenvalue weighted by atomic mass is 35.5. The van der Waals surface area contributed by atoms with Crippen LogP contribution in [0.3, 0.4) is 0 Å². The summed E-state index contributed by atoms with van der Waals surface area (Å²) in [5.41, 5.74) is 4.24. The molecule has 4 aromatic rings. The summed E-state index contributed by atoms with van der Waals surface area (Å²) in [4.78, 5) is 2.49. The molecule has 0 spiro atoms. The molecule has 0 atom stereocenters. The number of benzene rings is 3. The lowest BCUT2D eigenvalue weighted by atomic mass is 9.89. The van der Waals surface area contributed by atoms with Crippen LogP contribution in [-0.4, -0.2) is 27.7 Å². The zero-order chi connectivity index (χ0) is 24.4. The van der Waals surface area contributed by atoms with E-state index in [0.717, 1.165) is 49.8 Å². The first-order valence-corrected chi connectivity index (χ1v) is 12.7. The highest BCUT2D eigenvalue weighted by Gasteiger charge is 2.21. The van der Waals surface area contributed by atoms with Crippen molar-refractivity contribution in [1.82, 2.24) is 9.47 Å². The van der Waals surface area contributed by atoms with Crippen LogP contribution in [0.25, 0.3) is 10.8 Å². The molecular formula is C29H27Cl2N3O. The third-order valence-corrected chi connectivity index (χ3v) is 7.51. The van der Waals surface area contributed by atoms with E-state index in [1.54, 1.807) is 0 Å². The zero-order valence-electron chi connectivity index (χ0n) is 19.4. The topological polar surface area (TPSA) is 52.2 Å². The summed E-state index contributed by atoms with van der Waals surface area (Å²) in [6, 6.07) is 21.9. The SMILES string of the molecule is N#Cc1ccc(CN2CCC(Cc3cc(Cl)c4c(O)n(Cc5ccc(Cl)cc5)cc4c3)CC2)cc1. The highest BCUT2D eigenvalue weighted by Crippen LogP contribution is 2.36. The van der Waals surface area contributed by atoms with Crippen molar-refractivity contribution in [2.75, 3.05) is 13.1 Å². The molecular weight excluding hydrogens is 477 g/mol. The molecule has 1 aliphatic heterocycles. The van der Waals surface area contributed by atoms with Crippen molar-refractivity contribution in [1.29, 1.82) is 5.26 Å². The Hall–Kier alpha value is -2.97. The summed E-state index contributed by atoms with van der Waals surface area (Å²) in [6.07, 6.45) is 5.27. The molecule has 0 amide bonds. The Morgan fingerprint density at radius 3 is 2.23 bits per heavy atom. The van der Waals surface area contributed by atoms with Gasteiger partial charge in [-0.05, 0) is 91.4 Å². The van der Waals surface area contributed by atoms with Gasteiger partial charge in [0.15, 0.2) is 0 Å². The van der Waals surface area contributed by atoms with Gasteiger partial charge in [-0.25, -0.2) is 0 Å². The van der Waals surface area contributed by atoms with E-state index in [1.165, 1.54) is 11.1 Å². The molecule has 3 aromatic carbocycles. The van der Waals surface area contributed by atoms with Gasteiger partial charge in [-0.15, -0.1) is 0 Å². The number of rotatable bonds is 6. The minimum atomic E-state index is 0.197. The molecule has 5 rings (SSSR count). The molecule has 1 fully saturated rings. The molecule has 0 bridgehead atoms. The standard InChI is InChI=1S/C29H27Cl2N3O/c30-26-7-5-23(6-8-26)18-34-19-25-14-24(15-27(31)28(25)29(34)35)13-20-9-11-33(12-10-20)17-22-3-1-21(16-32)2-4-22/h1-8,14-15,19-20,35H,9-13,17-18H2. The second kappa shape index (κ2) is 10.3. The molecule has 0 unspecified atom stereocenters. The number of aromatic nitrogens is 1. The van der Waals surface area contributed by atoms with Crippen LogP contribution < -0.4 is 0 Å². The Kier molecular flexibility index (Phi) is 7.02. The van der Waals surface area contributed by atoms with E-state index in [-0.39, 0.29) is 5.88 Å². The lowest BCUT2D eigenvalue weighted by molar-refractivity contribution is 0.177. The number of nitrogens with zero attached hydrogens (tertiary/aromatic N) is 3. The summed E-state index contributed by atoms with van der Waals surface area (Å²) >= 11 is 12.6. The maximum absolute atomic E-state index is 10.8. The number of aromatic hydroxyl groups is 1. The number of fused-ring (bicyclic) bond motifs is 1. The van der Waals surface area contributed by atoms with Crippen molar-refractivity contribution >= 4 is 34.0 Å². The monoisotopic (exact) mass is 503 g/mol. The normalized spacial score (nSPS) is 14.9. The number of hydrogen-bond acceptors (Lipinski definition) is 3. The third kappa shape index (κ3) is 5.49. The predicted molar refractivity (Wildman–Crippen MR) is 142 cm³/mol. The van der Waals surface area contributed by atoms with Gasteiger partial charge in [0.2, 0.25) is 5.88 Å². The molecule has 1 N–H and O–H groups in total. The van der Waals surface area contributed by atoms with E-state index in [4.69, 9.17) is 28.5 Å². The third-order valence-electron chi connectivity index (χ3n) is 6.96. The molecule has 1 saturated heterocycles. The van der Waals surface area contributed by atoms with E-state index >= 15 is 0 Å². The van der Waals surface area contributed by atoms with Crippen molar-refractivity contribution in [2.45, 2.75) is 32.4 Å². The second-order valence-electron chi connectivity index (χ2n) is 9.48. The minimum Gasteiger partial charge on any atom is -0.494 e. The van der Waals surface area contributed by atoms with Crippen LogP contribution in [0, 0.1) is 17.2 Å². The van der Waals surface area contributed by atoms with Gasteiger partial charge in [-0.1, -0.05) is 47.5 Å². The van der Waals surface area contributed by atoms with Crippen LogP contribution in [0.2, 0.25) is 10.0 Å². The van der Waals surface area contributed by atoms with Crippen LogP contribution in [0.4, 0.5) is 0 Å². The lowest BCUT2D eigenvalue weighted by Gasteiger charge is -2.32. The molecule has 4 nitrogen and oxygen atoms in total. The van der Waals surface area contributed by atoms with Gasteiger partial charge >= 0.3 is 0 Å². The summed E-state index contributed by atoms with van der Waals surface area (Å²) in [7, 11) is 0. The Morgan fingerprint density at radius 2 is 1.54 bits per heavy atom. The van der Waals surface area contributed by atoms with Gasteiger partial charge in [0.25, 0.3) is 0 Å². The fourth-order valence-electron chi connectivity index (χ4n) is 5.05. The smallest absolute Gasteiger partial charge is 0.200 e. The fraction of sp³-hybridized carbons (Fsp3) is 0.276. The number of nitriles is 1. The van der Waals surface area contributed by atoms with E-state index in [0.29, 0.717) is 33.5 Å². The van der Waals surface area contributed by atoms with Crippen LogP contribution in [-0.2, 0) is 19.5 Å². The number of halogens is 2. The molecule has 1 aromatic heterocycles. The van der Waals surface area contributed by atoms with Crippen LogP contribution in [0.5, 0.6) is 5.88 Å². The molecule has 0 radical (unpaired) electrons. The molecule has 1 aliphatic rings. The maximum atomic E-state index is 10.8. The fourth-order valence-corrected chi connectivity index (χ4v) is 5.51. The molecule has 2 heterocycles. The molecule has 178 valence electrons. The summed E-state index contributed by atoms with van der Waals surface area (Å²) < 4.78 is 1.84. The van der Waals surface area contributed by atoms with Gasteiger partial charge < -0.3 is 9.67 Å². The van der Waals surface area contributed by atoms with Gasteiger partial charge in [0.1, 0.15) is 0 Å². The van der Waals surface area contributed by atoms with Crippen molar-refractivity contribution < 1.29 is 5.11 Å². The number of likely N-dealkylation sites (tertiary alicyclic amines) is 1. The predicted octanol–water partition coefficient (Wildman–Crippen LogP) is 7.03. The van der Waals surface area contributed by atoms with E-state index in [2.05, 4.69) is 29.2 Å². The Balaban J connectivity index is 1.23. The van der Waals surface area contributed by atoms with Crippen molar-refractivity contribution in [3.8, 4) is 11.9 Å². The molecule has 6 heteroatoms. The summed E-state index contributed by atoms with van der Waals surface area (Å²) in [6.45, 7) is 3.62. The number of hydrogen-bond donors (Lipinski definition) is 1. The highest BCUT2D eigenvalue weighted by molar-refractivity contribution is 6.36. The number of piperidine rings is 1. The molecule has 35 heavy (non-hydrogen) atoms. The van der Waals surface area contributed by atoms with Gasteiger partial charge in [0, 0.05) is 23.2 Å². The summed E-state index contributed by atoms with van der Waals surface area (Å²) in [5.74, 6) is 0.813. The first-order chi connectivity index (χ1) is 17.0. The van der Waals surface area contributed by atoms with Crippen molar-refractivity contribution in [3.05, 3.63) is 99.2 Å². The Labute approximate surface area is 215 Å². The first kappa shape index (κ1) is 23.8. The first-order valence-electron chi connectivity index (χ1n) is 11.9. The molecule has 0 saturated carbocycles. The van der Waals surface area contributed by atoms with E-state index < -0.39 is 0 Å². The van der Waals surface area contributed by atoms with Gasteiger partial charge in [-0.2, -0.15) is 5.26 Å². The van der Waals surface area contributed by atoms with E-state index in [9.17, 15) is 5.11 Å². The molecule has 0 aliphatic carbocycles. The quantitative estimate of drug-likeness (QED) is 0.307. The van der Waals surface area contributed by atoms with Crippen LogP contribution in [0.1, 0.15) is 35.1 Å². The Morgan fingerprint density at radius 1 is 0.886 bits per heavy atom. The Bertz CT molecular complexity index is 1360. The summed E-state index contributed by atoms with van der Waals surface area (Å²) in [5, 5.41) is 22.8. The minimum absolute atomic E-state index is 0.197. The lowest BCUT2D eigenvalue weighted by Crippen LogP contribution is -2.33. The average molecular weight is 504 g/mol. The van der Waals surface area contributed by atoms with Crippen molar-refractivity contribution in [2.24, 2.45) is 5.92 Å². The van der Waals surface area contributed by atoms with Crippen LogP contribution in [0.15, 0.2) is 66.9 Å².